The number of anilines is 1. The average Bonchev–Trinajstić information content (AvgIpc) is 3.08. The maximum absolute atomic E-state index is 13.9. The van der Waals surface area contributed by atoms with Crippen LogP contribution < -0.4 is 14.4 Å². The Morgan fingerprint density at radius 1 is 0.939 bits per heavy atom. The van der Waals surface area contributed by atoms with E-state index in [-0.39, 0.29) is 17.9 Å². The number of aryl methyl sites for hydroxylation is 1. The standard InChI is InChI=1S/C26H31N3O4/c1-17-10-11-22(33-5)20(16-17)29-25(30)23(19-8-6-7-9-21(19)32-4)24(26(29)31)28(3)18-12-14-27(2)15-13-18/h6-11,16,18H,12-15H2,1-5H3. The minimum atomic E-state index is -0.372. The van der Waals surface area contributed by atoms with Crippen molar-refractivity contribution >= 4 is 23.1 Å². The number of piperidine rings is 1. The highest BCUT2D eigenvalue weighted by atomic mass is 16.5. The normalized spacial score (nSPS) is 17.7. The van der Waals surface area contributed by atoms with Crippen molar-refractivity contribution in [3.63, 3.8) is 0 Å². The van der Waals surface area contributed by atoms with E-state index >= 15 is 0 Å². The molecule has 2 aromatic rings. The number of amides is 2. The highest BCUT2D eigenvalue weighted by molar-refractivity contribution is 6.46. The van der Waals surface area contributed by atoms with Crippen LogP contribution in [0, 0.1) is 6.92 Å². The molecule has 2 amide bonds. The van der Waals surface area contributed by atoms with E-state index in [1.54, 1.807) is 20.3 Å². The summed E-state index contributed by atoms with van der Waals surface area (Å²) in [5, 5.41) is 0. The summed E-state index contributed by atoms with van der Waals surface area (Å²) in [5.74, 6) is 0.320. The molecule has 174 valence electrons. The zero-order valence-corrected chi connectivity index (χ0v) is 19.9. The zero-order chi connectivity index (χ0) is 23.7. The summed E-state index contributed by atoms with van der Waals surface area (Å²) < 4.78 is 11.1. The van der Waals surface area contributed by atoms with Gasteiger partial charge in [-0.2, -0.15) is 0 Å². The maximum atomic E-state index is 13.9. The van der Waals surface area contributed by atoms with Crippen LogP contribution in [0.2, 0.25) is 0 Å². The lowest BCUT2D eigenvalue weighted by atomic mass is 9.99. The van der Waals surface area contributed by atoms with E-state index in [0.717, 1.165) is 31.5 Å². The molecule has 2 aliphatic heterocycles. The lowest BCUT2D eigenvalue weighted by Gasteiger charge is -2.36. The number of methoxy groups -OCH3 is 2. The number of hydrogen-bond acceptors (Lipinski definition) is 6. The van der Waals surface area contributed by atoms with Crippen molar-refractivity contribution in [2.75, 3.05) is 46.3 Å². The summed E-state index contributed by atoms with van der Waals surface area (Å²) in [6, 6.07) is 13.0. The Morgan fingerprint density at radius 3 is 2.27 bits per heavy atom. The molecule has 0 N–H and O–H groups in total. The average molecular weight is 450 g/mol. The second-order valence-corrected chi connectivity index (χ2v) is 8.69. The molecule has 0 saturated carbocycles. The van der Waals surface area contributed by atoms with Gasteiger partial charge in [-0.1, -0.05) is 24.3 Å². The van der Waals surface area contributed by atoms with Crippen LogP contribution in [-0.4, -0.2) is 69.1 Å². The number of nitrogens with zero attached hydrogens (tertiary/aromatic N) is 3. The van der Waals surface area contributed by atoms with E-state index in [9.17, 15) is 9.59 Å². The number of para-hydroxylation sites is 1. The van der Waals surface area contributed by atoms with Gasteiger partial charge in [0.1, 0.15) is 17.2 Å². The van der Waals surface area contributed by atoms with E-state index in [4.69, 9.17) is 9.47 Å². The minimum absolute atomic E-state index is 0.164. The van der Waals surface area contributed by atoms with Crippen molar-refractivity contribution in [1.29, 1.82) is 0 Å². The maximum Gasteiger partial charge on any atom is 0.282 e. The zero-order valence-electron chi connectivity index (χ0n) is 19.9. The summed E-state index contributed by atoms with van der Waals surface area (Å²) in [6.07, 6.45) is 1.84. The van der Waals surface area contributed by atoms with E-state index in [1.807, 2.05) is 55.3 Å². The molecule has 0 bridgehead atoms. The molecule has 1 saturated heterocycles. The van der Waals surface area contributed by atoms with E-state index < -0.39 is 0 Å². The van der Waals surface area contributed by atoms with Crippen LogP contribution in [0.5, 0.6) is 11.5 Å². The third kappa shape index (κ3) is 4.09. The first-order valence-electron chi connectivity index (χ1n) is 11.2. The van der Waals surface area contributed by atoms with Crippen molar-refractivity contribution in [3.8, 4) is 11.5 Å². The SMILES string of the molecule is COc1ccccc1C1=C(N(C)C2CCN(C)CC2)C(=O)N(c2cc(C)ccc2OC)C1=O. The summed E-state index contributed by atoms with van der Waals surface area (Å²) in [5.41, 5.74) is 2.77. The molecule has 4 rings (SSSR count). The molecule has 0 unspecified atom stereocenters. The van der Waals surface area contributed by atoms with Gasteiger partial charge in [-0.05, 0) is 63.7 Å². The second kappa shape index (κ2) is 9.27. The molecular weight excluding hydrogens is 418 g/mol. The van der Waals surface area contributed by atoms with Gasteiger partial charge in [0.25, 0.3) is 11.8 Å². The second-order valence-electron chi connectivity index (χ2n) is 8.69. The van der Waals surface area contributed by atoms with Crippen LogP contribution in [0.4, 0.5) is 5.69 Å². The fourth-order valence-corrected chi connectivity index (χ4v) is 4.70. The van der Waals surface area contributed by atoms with Crippen molar-refractivity contribution in [2.45, 2.75) is 25.8 Å². The molecule has 0 radical (unpaired) electrons. The van der Waals surface area contributed by atoms with Gasteiger partial charge in [-0.3, -0.25) is 9.59 Å². The monoisotopic (exact) mass is 449 g/mol. The number of hydrogen-bond donors (Lipinski definition) is 0. The predicted octanol–water partition coefficient (Wildman–Crippen LogP) is 3.32. The van der Waals surface area contributed by atoms with Gasteiger partial charge >= 0.3 is 0 Å². The Balaban J connectivity index is 1.86. The summed E-state index contributed by atoms with van der Waals surface area (Å²) in [4.78, 5) is 33.4. The van der Waals surface area contributed by atoms with E-state index in [1.165, 1.54) is 4.90 Å². The number of imide groups is 1. The van der Waals surface area contributed by atoms with Crippen LogP contribution in [0.1, 0.15) is 24.0 Å². The smallest absolute Gasteiger partial charge is 0.282 e. The molecular formula is C26H31N3O4. The molecule has 7 nitrogen and oxygen atoms in total. The lowest BCUT2D eigenvalue weighted by molar-refractivity contribution is -0.120. The number of carbonyl (C=O) groups is 2. The van der Waals surface area contributed by atoms with Crippen LogP contribution in [0.25, 0.3) is 5.57 Å². The summed E-state index contributed by atoms with van der Waals surface area (Å²) in [7, 11) is 7.14. The summed E-state index contributed by atoms with van der Waals surface area (Å²) >= 11 is 0. The van der Waals surface area contributed by atoms with Gasteiger partial charge in [0.2, 0.25) is 0 Å². The van der Waals surface area contributed by atoms with Crippen molar-refractivity contribution in [3.05, 3.63) is 59.3 Å². The Morgan fingerprint density at radius 2 is 1.61 bits per heavy atom. The third-order valence-corrected chi connectivity index (χ3v) is 6.60. The van der Waals surface area contributed by atoms with Gasteiger partial charge < -0.3 is 19.3 Å². The van der Waals surface area contributed by atoms with Crippen molar-refractivity contribution in [1.82, 2.24) is 9.80 Å². The molecule has 33 heavy (non-hydrogen) atoms. The number of ether oxygens (including phenoxy) is 2. The highest BCUT2D eigenvalue weighted by Crippen LogP contribution is 2.41. The molecule has 0 aliphatic carbocycles. The third-order valence-electron chi connectivity index (χ3n) is 6.60. The summed E-state index contributed by atoms with van der Waals surface area (Å²) in [6.45, 7) is 3.82. The van der Waals surface area contributed by atoms with Crippen molar-refractivity contribution < 1.29 is 19.1 Å². The van der Waals surface area contributed by atoms with E-state index in [0.29, 0.717) is 34.0 Å². The Bertz CT molecular complexity index is 1100. The Kier molecular flexibility index (Phi) is 6.42. The topological polar surface area (TPSA) is 62.3 Å². The number of likely N-dealkylation sites (N-methyl/N-ethyl adjacent to an activating group) is 1. The Labute approximate surface area is 195 Å². The molecule has 0 aromatic heterocycles. The lowest BCUT2D eigenvalue weighted by Crippen LogP contribution is -2.43. The first kappa shape index (κ1) is 22.9. The molecule has 2 aromatic carbocycles. The van der Waals surface area contributed by atoms with Crippen LogP contribution in [0.15, 0.2) is 48.2 Å². The van der Waals surface area contributed by atoms with Crippen LogP contribution in [0.3, 0.4) is 0 Å². The van der Waals surface area contributed by atoms with Crippen molar-refractivity contribution in [2.24, 2.45) is 0 Å². The van der Waals surface area contributed by atoms with Gasteiger partial charge in [0.05, 0.1) is 25.5 Å². The minimum Gasteiger partial charge on any atom is -0.496 e. The van der Waals surface area contributed by atoms with Gasteiger partial charge in [0.15, 0.2) is 0 Å². The van der Waals surface area contributed by atoms with Crippen LogP contribution >= 0.6 is 0 Å². The molecule has 7 heteroatoms. The molecule has 0 spiro atoms. The highest BCUT2D eigenvalue weighted by Gasteiger charge is 2.45. The molecule has 0 atom stereocenters. The van der Waals surface area contributed by atoms with Gasteiger partial charge in [-0.25, -0.2) is 4.90 Å². The van der Waals surface area contributed by atoms with Gasteiger partial charge in [0, 0.05) is 18.7 Å². The number of carbonyl (C=O) groups excluding carboxylic acids is 2. The first-order chi connectivity index (χ1) is 15.9. The van der Waals surface area contributed by atoms with Gasteiger partial charge in [-0.15, -0.1) is 0 Å². The number of likely N-dealkylation sites (tertiary alicyclic amines) is 1. The quantitative estimate of drug-likeness (QED) is 0.631. The molecule has 2 aliphatic rings. The molecule has 1 fully saturated rings. The predicted molar refractivity (Wildman–Crippen MR) is 128 cm³/mol. The largest absolute Gasteiger partial charge is 0.496 e. The number of benzene rings is 2. The fraction of sp³-hybridized carbons (Fsp3) is 0.385. The Hall–Kier alpha value is -3.32. The number of rotatable bonds is 6. The first-order valence-corrected chi connectivity index (χ1v) is 11.2. The van der Waals surface area contributed by atoms with Crippen LogP contribution in [-0.2, 0) is 9.59 Å². The molecule has 2 heterocycles. The van der Waals surface area contributed by atoms with E-state index in [2.05, 4.69) is 11.9 Å². The fourth-order valence-electron chi connectivity index (χ4n) is 4.70.